The Morgan fingerprint density at radius 3 is 1.50 bits per heavy atom. The van der Waals surface area contributed by atoms with Gasteiger partial charge in [0.25, 0.3) is 0 Å². The molecule has 0 aliphatic carbocycles. The summed E-state index contributed by atoms with van der Waals surface area (Å²) in [4.78, 5) is 9.98. The van der Waals surface area contributed by atoms with Crippen molar-refractivity contribution in [2.45, 2.75) is 12.1 Å². The van der Waals surface area contributed by atoms with Crippen LogP contribution in [0.1, 0.15) is 34.3 Å². The van der Waals surface area contributed by atoms with E-state index in [1.165, 1.54) is 22.3 Å². The van der Waals surface area contributed by atoms with Crippen LogP contribution in [0.2, 0.25) is 0 Å². The molecule has 0 N–H and O–H groups in total. The molecular weight excluding hydrogens is 380 g/mol. The van der Waals surface area contributed by atoms with E-state index in [1.54, 1.807) is 0 Å². The molecule has 0 unspecified atom stereocenters. The van der Waals surface area contributed by atoms with Crippen LogP contribution < -0.4 is 0 Å². The number of benzene rings is 3. The molecular formula is C24H20N2S2. The molecule has 0 spiro atoms. The predicted octanol–water partition coefficient (Wildman–Crippen LogP) is 6.16. The summed E-state index contributed by atoms with van der Waals surface area (Å²) in [5.41, 5.74) is 4.99. The van der Waals surface area contributed by atoms with E-state index in [9.17, 15) is 0 Å². The minimum Gasteiger partial charge on any atom is -0.269 e. The van der Waals surface area contributed by atoms with E-state index >= 15 is 0 Å². The number of hydrogen-bond acceptors (Lipinski definition) is 4. The van der Waals surface area contributed by atoms with Crippen molar-refractivity contribution in [1.82, 2.24) is 0 Å². The first kappa shape index (κ1) is 17.8. The van der Waals surface area contributed by atoms with E-state index in [0.717, 1.165) is 21.6 Å². The lowest BCUT2D eigenvalue weighted by Crippen LogP contribution is -1.97. The molecule has 5 rings (SSSR count). The Morgan fingerprint density at radius 1 is 0.571 bits per heavy atom. The number of thioether (sulfide) groups is 2. The molecule has 0 radical (unpaired) electrons. The Labute approximate surface area is 174 Å². The van der Waals surface area contributed by atoms with Crippen LogP contribution in [0.25, 0.3) is 0 Å². The normalized spacial score (nSPS) is 21.4. The molecule has 2 nitrogen and oxygen atoms in total. The lowest BCUT2D eigenvalue weighted by molar-refractivity contribution is 0.849. The molecule has 0 fully saturated rings. The van der Waals surface area contributed by atoms with E-state index < -0.39 is 0 Å². The van der Waals surface area contributed by atoms with Crippen LogP contribution in [0.3, 0.4) is 0 Å². The Kier molecular flexibility index (Phi) is 5.06. The smallest absolute Gasteiger partial charge is 0.0985 e. The van der Waals surface area contributed by atoms with Gasteiger partial charge in [-0.25, -0.2) is 0 Å². The van der Waals surface area contributed by atoms with Crippen LogP contribution in [0.15, 0.2) is 94.9 Å². The Hall–Kier alpha value is -2.30. The van der Waals surface area contributed by atoms with Gasteiger partial charge in [0.15, 0.2) is 0 Å². The fourth-order valence-electron chi connectivity index (χ4n) is 3.54. The summed E-state index contributed by atoms with van der Waals surface area (Å²) in [5.74, 6) is 2.02. The standard InChI is InChI=1S/C24H20N2S2/c1-3-8-17(9-4-1)21-15-27-23(25-21)19-12-7-13-20(14-19)24-26-22(16-28-24)18-10-5-2-6-11-18/h1-14,21-22H,15-16H2/t21-,22-/m1/s1. The molecule has 138 valence electrons. The molecule has 28 heavy (non-hydrogen) atoms. The highest BCUT2D eigenvalue weighted by Gasteiger charge is 2.23. The molecule has 0 bridgehead atoms. The maximum Gasteiger partial charge on any atom is 0.0985 e. The monoisotopic (exact) mass is 400 g/mol. The molecule has 0 saturated carbocycles. The summed E-state index contributed by atoms with van der Waals surface area (Å²) in [6, 6.07) is 30.4. The fourth-order valence-corrected chi connectivity index (χ4v) is 5.70. The average molecular weight is 401 g/mol. The average Bonchev–Trinajstić information content (AvgIpc) is 3.46. The largest absolute Gasteiger partial charge is 0.269 e. The zero-order chi connectivity index (χ0) is 18.8. The molecule has 2 atom stereocenters. The van der Waals surface area contributed by atoms with E-state index in [0.29, 0.717) is 0 Å². The first-order chi connectivity index (χ1) is 13.9. The van der Waals surface area contributed by atoms with Crippen LogP contribution in [0.4, 0.5) is 0 Å². The molecule has 0 aromatic heterocycles. The van der Waals surface area contributed by atoms with Crippen molar-refractivity contribution in [3.05, 3.63) is 107 Å². The van der Waals surface area contributed by atoms with Gasteiger partial charge in [-0.1, -0.05) is 78.9 Å². The predicted molar refractivity (Wildman–Crippen MR) is 123 cm³/mol. The van der Waals surface area contributed by atoms with E-state index in [4.69, 9.17) is 9.98 Å². The van der Waals surface area contributed by atoms with Gasteiger partial charge in [0.05, 0.1) is 22.2 Å². The molecule has 4 heteroatoms. The molecule has 2 aliphatic heterocycles. The summed E-state index contributed by atoms with van der Waals surface area (Å²) in [7, 11) is 0. The SMILES string of the molecule is c1ccc([C@H]2CSC(c3cccc(C4=N[C@@H](c5ccccc5)CS4)c3)=N2)cc1. The van der Waals surface area contributed by atoms with Gasteiger partial charge in [-0.3, -0.25) is 9.98 Å². The van der Waals surface area contributed by atoms with Gasteiger partial charge in [-0.15, -0.1) is 23.5 Å². The summed E-state index contributed by atoms with van der Waals surface area (Å²) in [6.07, 6.45) is 0. The summed E-state index contributed by atoms with van der Waals surface area (Å²) in [5, 5.41) is 2.28. The summed E-state index contributed by atoms with van der Waals surface area (Å²) < 4.78 is 0. The second-order valence-corrected chi connectivity index (χ2v) is 8.94. The molecule has 2 aliphatic rings. The van der Waals surface area contributed by atoms with Crippen molar-refractivity contribution in [2.24, 2.45) is 9.98 Å². The van der Waals surface area contributed by atoms with Crippen molar-refractivity contribution in [1.29, 1.82) is 0 Å². The lowest BCUT2D eigenvalue weighted by Gasteiger charge is -2.05. The summed E-state index contributed by atoms with van der Waals surface area (Å²) >= 11 is 3.70. The third-order valence-electron chi connectivity index (χ3n) is 5.03. The third kappa shape index (κ3) is 3.67. The molecule has 0 amide bonds. The van der Waals surface area contributed by atoms with Crippen LogP contribution in [-0.4, -0.2) is 21.6 Å². The lowest BCUT2D eigenvalue weighted by atomic mass is 10.1. The van der Waals surface area contributed by atoms with Crippen LogP contribution in [0.5, 0.6) is 0 Å². The van der Waals surface area contributed by atoms with E-state index in [2.05, 4.69) is 84.9 Å². The van der Waals surface area contributed by atoms with Crippen molar-refractivity contribution in [3.8, 4) is 0 Å². The molecule has 3 aromatic rings. The van der Waals surface area contributed by atoms with Crippen molar-refractivity contribution >= 4 is 33.6 Å². The van der Waals surface area contributed by atoms with Crippen molar-refractivity contribution in [2.75, 3.05) is 11.5 Å². The minimum absolute atomic E-state index is 0.255. The zero-order valence-corrected chi connectivity index (χ0v) is 17.0. The fraction of sp³-hybridized carbons (Fsp3) is 0.167. The first-order valence-corrected chi connectivity index (χ1v) is 11.5. The van der Waals surface area contributed by atoms with Crippen molar-refractivity contribution < 1.29 is 0 Å². The maximum absolute atomic E-state index is 4.99. The summed E-state index contributed by atoms with van der Waals surface area (Å²) in [6.45, 7) is 0. The highest BCUT2D eigenvalue weighted by Crippen LogP contribution is 2.35. The van der Waals surface area contributed by atoms with Gasteiger partial charge in [0.1, 0.15) is 0 Å². The molecule has 2 heterocycles. The first-order valence-electron chi connectivity index (χ1n) is 9.49. The van der Waals surface area contributed by atoms with Gasteiger partial charge in [-0.05, 0) is 17.2 Å². The number of nitrogens with zero attached hydrogens (tertiary/aromatic N) is 2. The Bertz CT molecular complexity index is 948. The van der Waals surface area contributed by atoms with Crippen LogP contribution in [0, 0.1) is 0 Å². The Balaban J connectivity index is 1.39. The highest BCUT2D eigenvalue weighted by atomic mass is 32.2. The van der Waals surface area contributed by atoms with Gasteiger partial charge < -0.3 is 0 Å². The van der Waals surface area contributed by atoms with Gasteiger partial charge in [-0.2, -0.15) is 0 Å². The topological polar surface area (TPSA) is 24.7 Å². The number of rotatable bonds is 4. The second-order valence-electron chi connectivity index (χ2n) is 6.92. The Morgan fingerprint density at radius 2 is 1.04 bits per heavy atom. The second kappa shape index (κ2) is 7.98. The highest BCUT2D eigenvalue weighted by molar-refractivity contribution is 8.15. The van der Waals surface area contributed by atoms with Crippen LogP contribution >= 0.6 is 23.5 Å². The minimum atomic E-state index is 0.255. The van der Waals surface area contributed by atoms with E-state index in [-0.39, 0.29) is 12.1 Å². The molecule has 3 aromatic carbocycles. The van der Waals surface area contributed by atoms with Gasteiger partial charge >= 0.3 is 0 Å². The quantitative estimate of drug-likeness (QED) is 0.524. The maximum atomic E-state index is 4.99. The zero-order valence-electron chi connectivity index (χ0n) is 15.4. The van der Waals surface area contributed by atoms with Gasteiger partial charge in [0.2, 0.25) is 0 Å². The van der Waals surface area contributed by atoms with E-state index in [1.807, 2.05) is 23.5 Å². The number of aliphatic imine (C=N–C) groups is 2. The molecule has 0 saturated heterocycles. The van der Waals surface area contributed by atoms with Crippen molar-refractivity contribution in [3.63, 3.8) is 0 Å². The number of hydrogen-bond donors (Lipinski definition) is 0. The van der Waals surface area contributed by atoms with Gasteiger partial charge in [0, 0.05) is 22.6 Å². The third-order valence-corrected chi connectivity index (χ3v) is 7.22. The van der Waals surface area contributed by atoms with Crippen LogP contribution in [-0.2, 0) is 0 Å².